The summed E-state index contributed by atoms with van der Waals surface area (Å²) in [6.45, 7) is 0. The van der Waals surface area contributed by atoms with Crippen LogP contribution in [0.5, 0.6) is 0 Å². The maximum atomic E-state index is 4.74. The molecule has 1 aliphatic carbocycles. The standard InChI is InChI=1S/C14H19N5/c1-15-13-7-12(11-8-16-19(2)9-11)17-14(18-13)10-5-3-4-6-10/h7-10H,3-6H2,1-2H3,(H,15,17,18). The summed E-state index contributed by atoms with van der Waals surface area (Å²) < 4.78 is 1.80. The summed E-state index contributed by atoms with van der Waals surface area (Å²) in [7, 11) is 3.81. The largest absolute Gasteiger partial charge is 0.373 e. The fourth-order valence-electron chi connectivity index (χ4n) is 2.66. The number of aromatic nitrogens is 4. The van der Waals surface area contributed by atoms with E-state index < -0.39 is 0 Å². The molecule has 0 unspecified atom stereocenters. The van der Waals surface area contributed by atoms with Crippen LogP contribution in [0.1, 0.15) is 37.4 Å². The van der Waals surface area contributed by atoms with Crippen LogP contribution >= 0.6 is 0 Å². The molecule has 0 aliphatic heterocycles. The molecule has 0 amide bonds. The molecule has 2 aromatic rings. The summed E-state index contributed by atoms with van der Waals surface area (Å²) in [4.78, 5) is 9.36. The van der Waals surface area contributed by atoms with Gasteiger partial charge >= 0.3 is 0 Å². The minimum atomic E-state index is 0.517. The second-order valence-corrected chi connectivity index (χ2v) is 5.13. The molecule has 1 fully saturated rings. The lowest BCUT2D eigenvalue weighted by Gasteiger charge is -2.11. The van der Waals surface area contributed by atoms with Gasteiger partial charge in [-0.15, -0.1) is 0 Å². The summed E-state index contributed by atoms with van der Waals surface area (Å²) in [5.41, 5.74) is 2.00. The Balaban J connectivity index is 2.01. The summed E-state index contributed by atoms with van der Waals surface area (Å²) in [5, 5.41) is 7.34. The summed E-state index contributed by atoms with van der Waals surface area (Å²) in [6.07, 6.45) is 8.83. The van der Waals surface area contributed by atoms with Gasteiger partial charge < -0.3 is 5.32 Å². The highest BCUT2D eigenvalue weighted by atomic mass is 15.2. The van der Waals surface area contributed by atoms with Crippen molar-refractivity contribution in [1.82, 2.24) is 19.7 Å². The molecule has 2 aromatic heterocycles. The number of nitrogens with zero attached hydrogens (tertiary/aromatic N) is 4. The summed E-state index contributed by atoms with van der Waals surface area (Å²) in [5.74, 6) is 2.38. The molecule has 1 saturated carbocycles. The van der Waals surface area contributed by atoms with Crippen molar-refractivity contribution in [3.8, 4) is 11.3 Å². The SMILES string of the molecule is CNc1cc(-c2cnn(C)c2)nc(C2CCCC2)n1. The number of anilines is 1. The van der Waals surface area contributed by atoms with E-state index in [4.69, 9.17) is 4.98 Å². The second-order valence-electron chi connectivity index (χ2n) is 5.13. The Morgan fingerprint density at radius 1 is 1.26 bits per heavy atom. The highest BCUT2D eigenvalue weighted by Gasteiger charge is 2.21. The Bertz CT molecular complexity index is 569. The predicted octanol–water partition coefficient (Wildman–Crippen LogP) is 2.58. The van der Waals surface area contributed by atoms with E-state index in [-0.39, 0.29) is 0 Å². The first-order chi connectivity index (χ1) is 9.26. The van der Waals surface area contributed by atoms with E-state index in [9.17, 15) is 0 Å². The van der Waals surface area contributed by atoms with Gasteiger partial charge in [0.2, 0.25) is 0 Å². The molecular weight excluding hydrogens is 238 g/mol. The van der Waals surface area contributed by atoms with Gasteiger partial charge in [0.15, 0.2) is 0 Å². The van der Waals surface area contributed by atoms with Crippen molar-refractivity contribution in [3.05, 3.63) is 24.3 Å². The van der Waals surface area contributed by atoms with E-state index in [1.54, 1.807) is 4.68 Å². The van der Waals surface area contributed by atoms with Crippen molar-refractivity contribution in [2.24, 2.45) is 7.05 Å². The molecule has 1 aliphatic rings. The minimum Gasteiger partial charge on any atom is -0.373 e. The second kappa shape index (κ2) is 4.99. The van der Waals surface area contributed by atoms with Crippen LogP contribution in [0.4, 0.5) is 5.82 Å². The smallest absolute Gasteiger partial charge is 0.134 e. The molecule has 5 nitrogen and oxygen atoms in total. The first-order valence-corrected chi connectivity index (χ1v) is 6.82. The number of nitrogens with one attached hydrogen (secondary N) is 1. The van der Waals surface area contributed by atoms with Gasteiger partial charge in [0.25, 0.3) is 0 Å². The van der Waals surface area contributed by atoms with Crippen molar-refractivity contribution < 1.29 is 0 Å². The number of hydrogen-bond donors (Lipinski definition) is 1. The Labute approximate surface area is 113 Å². The Morgan fingerprint density at radius 3 is 2.68 bits per heavy atom. The Kier molecular flexibility index (Phi) is 3.19. The molecule has 100 valence electrons. The van der Waals surface area contributed by atoms with Gasteiger partial charge in [-0.25, -0.2) is 9.97 Å². The number of rotatable bonds is 3. The zero-order chi connectivity index (χ0) is 13.2. The molecule has 19 heavy (non-hydrogen) atoms. The van der Waals surface area contributed by atoms with E-state index in [0.29, 0.717) is 5.92 Å². The molecule has 2 heterocycles. The van der Waals surface area contributed by atoms with Crippen LogP contribution in [-0.2, 0) is 7.05 Å². The van der Waals surface area contributed by atoms with Crippen LogP contribution in [0.15, 0.2) is 18.5 Å². The van der Waals surface area contributed by atoms with Gasteiger partial charge in [-0.3, -0.25) is 4.68 Å². The van der Waals surface area contributed by atoms with Crippen molar-refractivity contribution in [1.29, 1.82) is 0 Å². The lowest BCUT2D eigenvalue weighted by Crippen LogP contribution is -2.05. The first kappa shape index (κ1) is 12.1. The van der Waals surface area contributed by atoms with E-state index in [1.807, 2.05) is 32.6 Å². The van der Waals surface area contributed by atoms with Gasteiger partial charge in [-0.05, 0) is 12.8 Å². The molecule has 1 N–H and O–H groups in total. The molecule has 5 heteroatoms. The predicted molar refractivity (Wildman–Crippen MR) is 75.0 cm³/mol. The third kappa shape index (κ3) is 2.45. The van der Waals surface area contributed by atoms with Gasteiger partial charge in [-0.2, -0.15) is 5.10 Å². The maximum absolute atomic E-state index is 4.74. The molecule has 3 rings (SSSR count). The van der Waals surface area contributed by atoms with Crippen molar-refractivity contribution >= 4 is 5.82 Å². The van der Waals surface area contributed by atoms with E-state index >= 15 is 0 Å². The average Bonchev–Trinajstić information content (AvgIpc) is 3.09. The Hall–Kier alpha value is -1.91. The highest BCUT2D eigenvalue weighted by Crippen LogP contribution is 2.33. The Morgan fingerprint density at radius 2 is 2.05 bits per heavy atom. The lowest BCUT2D eigenvalue weighted by molar-refractivity contribution is 0.670. The summed E-state index contributed by atoms with van der Waals surface area (Å²) in [6, 6.07) is 1.98. The van der Waals surface area contributed by atoms with Crippen LogP contribution in [-0.4, -0.2) is 26.8 Å². The zero-order valence-electron chi connectivity index (χ0n) is 11.4. The fourth-order valence-corrected chi connectivity index (χ4v) is 2.66. The fraction of sp³-hybridized carbons (Fsp3) is 0.500. The van der Waals surface area contributed by atoms with Crippen LogP contribution in [0.25, 0.3) is 11.3 Å². The third-order valence-electron chi connectivity index (χ3n) is 3.72. The quantitative estimate of drug-likeness (QED) is 0.918. The molecule has 0 atom stereocenters. The van der Waals surface area contributed by atoms with Crippen molar-refractivity contribution in [2.75, 3.05) is 12.4 Å². The van der Waals surface area contributed by atoms with Crippen LogP contribution < -0.4 is 5.32 Å². The summed E-state index contributed by atoms with van der Waals surface area (Å²) >= 11 is 0. The molecule has 0 aromatic carbocycles. The first-order valence-electron chi connectivity index (χ1n) is 6.82. The zero-order valence-corrected chi connectivity index (χ0v) is 11.4. The van der Waals surface area contributed by atoms with Crippen LogP contribution in [0.3, 0.4) is 0 Å². The third-order valence-corrected chi connectivity index (χ3v) is 3.72. The average molecular weight is 257 g/mol. The topological polar surface area (TPSA) is 55.6 Å². The van der Waals surface area contributed by atoms with Gasteiger partial charge in [0, 0.05) is 37.8 Å². The monoisotopic (exact) mass is 257 g/mol. The van der Waals surface area contributed by atoms with Crippen molar-refractivity contribution in [2.45, 2.75) is 31.6 Å². The van der Waals surface area contributed by atoms with Gasteiger partial charge in [-0.1, -0.05) is 12.8 Å². The van der Waals surface area contributed by atoms with Crippen LogP contribution in [0.2, 0.25) is 0 Å². The van der Waals surface area contributed by atoms with Gasteiger partial charge in [0.1, 0.15) is 11.6 Å². The highest BCUT2D eigenvalue weighted by molar-refractivity contribution is 5.61. The molecule has 0 bridgehead atoms. The van der Waals surface area contributed by atoms with E-state index in [0.717, 1.165) is 22.9 Å². The molecule has 0 saturated heterocycles. The minimum absolute atomic E-state index is 0.517. The van der Waals surface area contributed by atoms with E-state index in [1.165, 1.54) is 25.7 Å². The normalized spacial score (nSPS) is 15.9. The molecule has 0 radical (unpaired) electrons. The number of hydrogen-bond acceptors (Lipinski definition) is 4. The molecular formula is C14H19N5. The molecule has 0 spiro atoms. The van der Waals surface area contributed by atoms with E-state index in [2.05, 4.69) is 15.4 Å². The maximum Gasteiger partial charge on any atom is 0.134 e. The van der Waals surface area contributed by atoms with Crippen molar-refractivity contribution in [3.63, 3.8) is 0 Å². The van der Waals surface area contributed by atoms with Crippen LogP contribution in [0, 0.1) is 0 Å². The van der Waals surface area contributed by atoms with Gasteiger partial charge in [0.05, 0.1) is 11.9 Å². The lowest BCUT2D eigenvalue weighted by atomic mass is 10.1. The number of aryl methyl sites for hydroxylation is 1.